The summed E-state index contributed by atoms with van der Waals surface area (Å²) in [6, 6.07) is 8.27. The fourth-order valence-corrected chi connectivity index (χ4v) is 2.14. The van der Waals surface area contributed by atoms with Gasteiger partial charge in [0.1, 0.15) is 5.60 Å². The zero-order chi connectivity index (χ0) is 10.9. The standard InChI is InChI=1S/C13H16O2/c1-3-13(9-8-12(14)15-13)11-6-4-10(2)5-7-11/h4-7H,3,8-9H2,1-2H3. The van der Waals surface area contributed by atoms with Crippen LogP contribution in [0.2, 0.25) is 0 Å². The predicted octanol–water partition coefficient (Wildman–Crippen LogP) is 2.94. The number of hydrogen-bond donors (Lipinski definition) is 0. The highest BCUT2D eigenvalue weighted by molar-refractivity contribution is 5.72. The van der Waals surface area contributed by atoms with Crippen LogP contribution in [0.25, 0.3) is 0 Å². The van der Waals surface area contributed by atoms with Crippen molar-refractivity contribution in [3.8, 4) is 0 Å². The first-order chi connectivity index (χ1) is 7.16. The molecule has 0 bridgehead atoms. The summed E-state index contributed by atoms with van der Waals surface area (Å²) in [4.78, 5) is 11.2. The lowest BCUT2D eigenvalue weighted by Gasteiger charge is -2.26. The predicted molar refractivity (Wildman–Crippen MR) is 58.5 cm³/mol. The minimum Gasteiger partial charge on any atom is -0.454 e. The van der Waals surface area contributed by atoms with E-state index in [9.17, 15) is 4.79 Å². The second-order valence-electron chi connectivity index (χ2n) is 4.19. The summed E-state index contributed by atoms with van der Waals surface area (Å²) >= 11 is 0. The summed E-state index contributed by atoms with van der Waals surface area (Å²) in [7, 11) is 0. The van der Waals surface area contributed by atoms with Crippen LogP contribution >= 0.6 is 0 Å². The molecule has 0 aliphatic carbocycles. The second kappa shape index (κ2) is 3.69. The SMILES string of the molecule is CCC1(c2ccc(C)cc2)CCC(=O)O1. The smallest absolute Gasteiger partial charge is 0.306 e. The van der Waals surface area contributed by atoms with Crippen molar-refractivity contribution in [2.24, 2.45) is 0 Å². The summed E-state index contributed by atoms with van der Waals surface area (Å²) in [6.45, 7) is 4.13. The van der Waals surface area contributed by atoms with Gasteiger partial charge in [0.25, 0.3) is 0 Å². The maximum atomic E-state index is 11.2. The molecule has 1 unspecified atom stereocenters. The van der Waals surface area contributed by atoms with E-state index in [1.54, 1.807) is 0 Å². The maximum Gasteiger partial charge on any atom is 0.306 e. The number of hydrogen-bond acceptors (Lipinski definition) is 2. The van der Waals surface area contributed by atoms with Gasteiger partial charge >= 0.3 is 5.97 Å². The van der Waals surface area contributed by atoms with Crippen LogP contribution in [0, 0.1) is 6.92 Å². The van der Waals surface area contributed by atoms with E-state index in [4.69, 9.17) is 4.74 Å². The van der Waals surface area contributed by atoms with Crippen LogP contribution in [0.5, 0.6) is 0 Å². The Morgan fingerprint density at radius 3 is 2.47 bits per heavy atom. The van der Waals surface area contributed by atoms with Gasteiger partial charge in [-0.05, 0) is 18.9 Å². The highest BCUT2D eigenvalue weighted by Crippen LogP contribution is 2.39. The molecule has 2 rings (SSSR count). The number of carbonyl (C=O) groups is 1. The van der Waals surface area contributed by atoms with Crippen molar-refractivity contribution >= 4 is 5.97 Å². The Balaban J connectivity index is 2.34. The first-order valence-corrected chi connectivity index (χ1v) is 5.45. The fraction of sp³-hybridized carbons (Fsp3) is 0.462. The number of aryl methyl sites for hydroxylation is 1. The van der Waals surface area contributed by atoms with Gasteiger partial charge in [0.05, 0.1) is 0 Å². The van der Waals surface area contributed by atoms with Crippen molar-refractivity contribution in [1.82, 2.24) is 0 Å². The molecule has 15 heavy (non-hydrogen) atoms. The van der Waals surface area contributed by atoms with Gasteiger partial charge in [0.15, 0.2) is 0 Å². The average molecular weight is 204 g/mol. The van der Waals surface area contributed by atoms with Crippen molar-refractivity contribution in [2.75, 3.05) is 0 Å². The normalized spacial score (nSPS) is 25.3. The summed E-state index contributed by atoms with van der Waals surface area (Å²) in [6.07, 6.45) is 2.20. The third-order valence-electron chi connectivity index (χ3n) is 3.19. The minimum absolute atomic E-state index is 0.0718. The van der Waals surface area contributed by atoms with Crippen molar-refractivity contribution < 1.29 is 9.53 Å². The van der Waals surface area contributed by atoms with Crippen LogP contribution in [0.1, 0.15) is 37.3 Å². The molecule has 1 aliphatic heterocycles. The van der Waals surface area contributed by atoms with E-state index in [0.29, 0.717) is 6.42 Å². The quantitative estimate of drug-likeness (QED) is 0.692. The molecular weight excluding hydrogens is 188 g/mol. The van der Waals surface area contributed by atoms with Gasteiger partial charge in [-0.2, -0.15) is 0 Å². The number of ether oxygens (including phenoxy) is 1. The summed E-state index contributed by atoms with van der Waals surface area (Å²) in [5.74, 6) is -0.0718. The van der Waals surface area contributed by atoms with Gasteiger partial charge in [-0.1, -0.05) is 36.8 Å². The molecule has 1 fully saturated rings. The summed E-state index contributed by atoms with van der Waals surface area (Å²) < 4.78 is 5.49. The van der Waals surface area contributed by atoms with E-state index in [-0.39, 0.29) is 11.6 Å². The van der Waals surface area contributed by atoms with Crippen LogP contribution in [0.3, 0.4) is 0 Å². The molecule has 0 amide bonds. The molecule has 2 heteroatoms. The molecule has 1 aliphatic rings. The third kappa shape index (κ3) is 1.76. The molecule has 0 spiro atoms. The highest BCUT2D eigenvalue weighted by Gasteiger charge is 2.40. The summed E-state index contributed by atoms with van der Waals surface area (Å²) in [5.41, 5.74) is 2.00. The Kier molecular flexibility index (Phi) is 2.51. The molecule has 1 heterocycles. The van der Waals surface area contributed by atoms with Crippen LogP contribution in [-0.2, 0) is 15.1 Å². The molecule has 1 aromatic rings. The monoisotopic (exact) mass is 204 g/mol. The maximum absolute atomic E-state index is 11.2. The molecule has 0 radical (unpaired) electrons. The topological polar surface area (TPSA) is 26.3 Å². The van der Waals surface area contributed by atoms with E-state index in [1.165, 1.54) is 5.56 Å². The van der Waals surface area contributed by atoms with Crippen molar-refractivity contribution in [2.45, 2.75) is 38.7 Å². The average Bonchev–Trinajstić information content (AvgIpc) is 2.62. The Morgan fingerprint density at radius 1 is 1.33 bits per heavy atom. The van der Waals surface area contributed by atoms with Crippen molar-refractivity contribution in [3.05, 3.63) is 35.4 Å². The van der Waals surface area contributed by atoms with E-state index < -0.39 is 0 Å². The lowest BCUT2D eigenvalue weighted by atomic mass is 9.88. The molecule has 1 atom stereocenters. The number of benzene rings is 1. The Bertz CT molecular complexity index is 367. The van der Waals surface area contributed by atoms with Crippen LogP contribution < -0.4 is 0 Å². The Labute approximate surface area is 90.3 Å². The molecule has 0 aromatic heterocycles. The largest absolute Gasteiger partial charge is 0.454 e. The van der Waals surface area contributed by atoms with E-state index in [1.807, 2.05) is 0 Å². The number of rotatable bonds is 2. The van der Waals surface area contributed by atoms with Gasteiger partial charge in [0.2, 0.25) is 0 Å². The molecular formula is C13H16O2. The first-order valence-electron chi connectivity index (χ1n) is 5.45. The van der Waals surface area contributed by atoms with Crippen LogP contribution in [-0.4, -0.2) is 5.97 Å². The number of cyclic esters (lactones) is 1. The molecule has 1 saturated heterocycles. The van der Waals surface area contributed by atoms with Gasteiger partial charge in [-0.3, -0.25) is 4.79 Å². The summed E-state index contributed by atoms with van der Waals surface area (Å²) in [5, 5.41) is 0. The Hall–Kier alpha value is -1.31. The zero-order valence-corrected chi connectivity index (χ0v) is 9.25. The highest BCUT2D eigenvalue weighted by atomic mass is 16.6. The van der Waals surface area contributed by atoms with E-state index in [2.05, 4.69) is 38.1 Å². The van der Waals surface area contributed by atoms with Crippen LogP contribution in [0.4, 0.5) is 0 Å². The molecule has 2 nitrogen and oxygen atoms in total. The minimum atomic E-state index is -0.356. The Morgan fingerprint density at radius 2 is 2.00 bits per heavy atom. The van der Waals surface area contributed by atoms with Crippen molar-refractivity contribution in [3.63, 3.8) is 0 Å². The molecule has 0 N–H and O–H groups in total. The second-order valence-corrected chi connectivity index (χ2v) is 4.19. The van der Waals surface area contributed by atoms with Gasteiger partial charge in [-0.15, -0.1) is 0 Å². The van der Waals surface area contributed by atoms with Crippen LogP contribution in [0.15, 0.2) is 24.3 Å². The lowest BCUT2D eigenvalue weighted by molar-refractivity contribution is -0.149. The zero-order valence-electron chi connectivity index (χ0n) is 9.25. The van der Waals surface area contributed by atoms with E-state index in [0.717, 1.165) is 18.4 Å². The third-order valence-corrected chi connectivity index (χ3v) is 3.19. The molecule has 0 saturated carbocycles. The number of esters is 1. The van der Waals surface area contributed by atoms with Crippen molar-refractivity contribution in [1.29, 1.82) is 0 Å². The van der Waals surface area contributed by atoms with E-state index >= 15 is 0 Å². The van der Waals surface area contributed by atoms with Gasteiger partial charge < -0.3 is 4.74 Å². The molecule has 80 valence electrons. The number of carbonyl (C=O) groups excluding carboxylic acids is 1. The first kappa shape index (κ1) is 10.2. The molecule has 1 aromatic carbocycles. The lowest BCUT2D eigenvalue weighted by Crippen LogP contribution is -2.24. The fourth-order valence-electron chi connectivity index (χ4n) is 2.14. The van der Waals surface area contributed by atoms with Gasteiger partial charge in [-0.25, -0.2) is 0 Å². The van der Waals surface area contributed by atoms with Gasteiger partial charge in [0, 0.05) is 12.8 Å².